The van der Waals surface area contributed by atoms with Gasteiger partial charge in [0.25, 0.3) is 6.04 Å². The Morgan fingerprint density at radius 2 is 1.35 bits per heavy atom. The molecule has 0 amide bonds. The Morgan fingerprint density at radius 3 is 1.87 bits per heavy atom. The normalized spacial score (nSPS) is 17.0. The summed E-state index contributed by atoms with van der Waals surface area (Å²) in [5, 5.41) is 0. The van der Waals surface area contributed by atoms with Crippen molar-refractivity contribution >= 4 is 11.9 Å². The zero-order chi connectivity index (χ0) is 16.9. The molecule has 1 N–H and O–H groups in total. The zero-order valence-corrected chi connectivity index (χ0v) is 12.4. The molecule has 0 bridgehead atoms. The Morgan fingerprint density at radius 1 is 0.870 bits per heavy atom. The molecule has 0 aromatic heterocycles. The van der Waals surface area contributed by atoms with E-state index >= 15 is 0 Å². The van der Waals surface area contributed by atoms with E-state index in [9.17, 15) is 4.79 Å². The Kier molecular flexibility index (Phi) is 5.43. The first-order valence-corrected chi connectivity index (χ1v) is 7.65. The number of esters is 1. The van der Waals surface area contributed by atoms with Crippen molar-refractivity contribution in [3.8, 4) is 0 Å². The van der Waals surface area contributed by atoms with Gasteiger partial charge in [-0.15, -0.1) is 10.2 Å². The maximum absolute atomic E-state index is 11.9. The van der Waals surface area contributed by atoms with Gasteiger partial charge in [-0.1, -0.05) is 48.5 Å². The molecule has 1 aliphatic heterocycles. The van der Waals surface area contributed by atoms with Gasteiger partial charge in [0.05, 0.1) is 5.56 Å². The fourth-order valence-corrected chi connectivity index (χ4v) is 1.98. The minimum absolute atomic E-state index is 0.264. The summed E-state index contributed by atoms with van der Waals surface area (Å²) in [5.41, 5.74) is 1.79. The van der Waals surface area contributed by atoms with E-state index in [0.717, 1.165) is 11.1 Å². The van der Waals surface area contributed by atoms with Crippen molar-refractivity contribution in [3.63, 3.8) is 0 Å². The van der Waals surface area contributed by atoms with Crippen LogP contribution in [-0.2, 0) is 9.53 Å². The van der Waals surface area contributed by atoms with E-state index in [1.54, 1.807) is 0 Å². The van der Waals surface area contributed by atoms with Crippen LogP contribution in [0.15, 0.2) is 60.7 Å². The Bertz CT molecular complexity index is 678. The Hall–Kier alpha value is -2.29. The van der Waals surface area contributed by atoms with Crippen LogP contribution in [0, 0.1) is 10.2 Å². The van der Waals surface area contributed by atoms with E-state index in [1.807, 2.05) is 60.7 Å². The summed E-state index contributed by atoms with van der Waals surface area (Å²) in [5.74, 6) is 0.259. The highest BCUT2D eigenvalue weighted by atomic mass is 35.7. The van der Waals surface area contributed by atoms with Crippen LogP contribution >= 0.6 is 0 Å². The maximum Gasteiger partial charge on any atom is 0.390 e. The summed E-state index contributed by atoms with van der Waals surface area (Å²) in [4.78, 5) is 15.0. The third kappa shape index (κ3) is 5.44. The monoisotopic (exact) mass is 337 g/mol. The van der Waals surface area contributed by atoms with Crippen LogP contribution in [0.3, 0.4) is 0 Å². The van der Waals surface area contributed by atoms with Crippen LogP contribution < -0.4 is 23.6 Å². The van der Waals surface area contributed by atoms with Crippen LogP contribution in [0.5, 0.6) is 0 Å². The molecule has 1 heterocycles. The summed E-state index contributed by atoms with van der Waals surface area (Å²) in [7, 11) is -4.94. The van der Waals surface area contributed by atoms with Crippen molar-refractivity contribution in [3.05, 3.63) is 71.8 Å². The molecule has 1 unspecified atom stereocenters. The molecule has 0 saturated heterocycles. The van der Waals surface area contributed by atoms with E-state index in [4.69, 9.17) is 23.4 Å². The number of halogens is 1. The smallest absolute Gasteiger partial charge is 0.365 e. The number of carbonyl (C=O) groups excluding carboxylic acids is 1. The average molecular weight is 338 g/mol. The average Bonchev–Trinajstić information content (AvgIpc) is 2.89. The predicted octanol–water partition coefficient (Wildman–Crippen LogP) is -3.94. The lowest BCUT2D eigenvalue weighted by atomic mass is 10.1. The number of hydrogen-bond donors (Lipinski definition) is 1. The second kappa shape index (κ2) is 7.32. The zero-order valence-electron chi connectivity index (χ0n) is 11.7. The lowest BCUT2D eigenvalue weighted by Crippen LogP contribution is -2.72. The van der Waals surface area contributed by atoms with Gasteiger partial charge in [-0.3, -0.25) is 0 Å². The summed E-state index contributed by atoms with van der Waals surface area (Å²) in [6.45, 7) is 0. The molecule has 0 radical (unpaired) electrons. The lowest BCUT2D eigenvalue weighted by molar-refractivity contribution is -2.00. The van der Waals surface area contributed by atoms with Gasteiger partial charge in [-0.25, -0.2) is 23.4 Å². The highest BCUT2D eigenvalue weighted by Gasteiger charge is 2.37. The molecule has 0 spiro atoms. The van der Waals surface area contributed by atoms with E-state index in [1.165, 1.54) is 0 Å². The standard InChI is InChI=1S/C15H11NO2.ClHO4/c17-15-13(11-7-3-1-4-8-11)16-14(18-15)12-9-5-2-6-10-12;2-1(3,4)5/h1-10,13H;(H,2,3,4,5). The maximum atomic E-state index is 11.9. The number of ether oxygens (including phenoxy) is 1. The summed E-state index contributed by atoms with van der Waals surface area (Å²) < 4.78 is 39.3. The first-order valence-electron chi connectivity index (χ1n) is 6.42. The van der Waals surface area contributed by atoms with E-state index in [0.29, 0.717) is 5.90 Å². The summed E-state index contributed by atoms with van der Waals surface area (Å²) >= 11 is 0. The van der Waals surface area contributed by atoms with Crippen LogP contribution in [0.1, 0.15) is 17.2 Å². The van der Waals surface area contributed by atoms with E-state index < -0.39 is 16.3 Å². The highest BCUT2D eigenvalue weighted by Crippen LogP contribution is 2.14. The van der Waals surface area contributed by atoms with Crippen molar-refractivity contribution in [2.45, 2.75) is 6.04 Å². The highest BCUT2D eigenvalue weighted by molar-refractivity contribution is 6.00. The molecule has 120 valence electrons. The van der Waals surface area contributed by atoms with Crippen LogP contribution in [0.2, 0.25) is 0 Å². The number of hydrogen-bond acceptors (Lipinski definition) is 6. The first kappa shape index (κ1) is 17.1. The van der Waals surface area contributed by atoms with Crippen molar-refractivity contribution in [1.82, 2.24) is 0 Å². The van der Waals surface area contributed by atoms with Gasteiger partial charge in [0, 0.05) is 5.56 Å². The molecule has 23 heavy (non-hydrogen) atoms. The molecular weight excluding hydrogens is 326 g/mol. The second-order valence-corrected chi connectivity index (χ2v) is 5.24. The largest absolute Gasteiger partial charge is 0.390 e. The number of carbonyl (C=O) groups is 1. The molecule has 1 aliphatic rings. The third-order valence-electron chi connectivity index (χ3n) is 2.88. The van der Waals surface area contributed by atoms with Crippen LogP contribution in [0.25, 0.3) is 0 Å². The van der Waals surface area contributed by atoms with Gasteiger partial charge in [0.2, 0.25) is 0 Å². The fraction of sp³-hybridized carbons (Fsp3) is 0.0667. The minimum atomic E-state index is -4.94. The summed E-state index contributed by atoms with van der Waals surface area (Å²) in [6, 6.07) is 18.7. The fourth-order valence-electron chi connectivity index (χ4n) is 1.98. The van der Waals surface area contributed by atoms with Crippen LogP contribution in [-0.4, -0.2) is 11.9 Å². The predicted molar refractivity (Wildman–Crippen MR) is 66.8 cm³/mol. The van der Waals surface area contributed by atoms with Crippen LogP contribution in [0.4, 0.5) is 0 Å². The number of cyclic esters (lactones) is 1. The summed E-state index contributed by atoms with van der Waals surface area (Å²) in [6.07, 6.45) is 0. The SMILES string of the molecule is O=C1OC(c2ccccc2)=[NH+]C1c1ccccc1.[O-][Cl+3]([O-])([O-])[O-]. The van der Waals surface area contributed by atoms with E-state index in [-0.39, 0.29) is 5.97 Å². The lowest BCUT2D eigenvalue weighted by Gasteiger charge is -2.17. The van der Waals surface area contributed by atoms with Crippen molar-refractivity contribution in [2.75, 3.05) is 0 Å². The Balaban J connectivity index is 0.000000338. The van der Waals surface area contributed by atoms with Gasteiger partial charge in [-0.05, 0) is 12.1 Å². The molecule has 8 heteroatoms. The van der Waals surface area contributed by atoms with Gasteiger partial charge in [0.15, 0.2) is 0 Å². The van der Waals surface area contributed by atoms with Crippen molar-refractivity contribution in [2.24, 2.45) is 0 Å². The first-order chi connectivity index (χ1) is 10.8. The molecular formula is C15H12ClNO6. The van der Waals surface area contributed by atoms with Crippen molar-refractivity contribution < 1.29 is 43.4 Å². The second-order valence-electron chi connectivity index (χ2n) is 4.48. The van der Waals surface area contributed by atoms with Gasteiger partial charge >= 0.3 is 11.9 Å². The topological polar surface area (TPSA) is 133 Å². The molecule has 7 nitrogen and oxygen atoms in total. The number of nitrogens with one attached hydrogen (secondary N) is 1. The van der Waals surface area contributed by atoms with Gasteiger partial charge < -0.3 is 4.74 Å². The molecule has 2 aromatic carbocycles. The third-order valence-corrected chi connectivity index (χ3v) is 2.88. The quantitative estimate of drug-likeness (QED) is 0.556. The molecule has 0 saturated carbocycles. The Labute approximate surface area is 133 Å². The van der Waals surface area contributed by atoms with Gasteiger partial charge in [0.1, 0.15) is 0 Å². The van der Waals surface area contributed by atoms with Gasteiger partial charge in [-0.2, -0.15) is 4.99 Å². The molecule has 2 aromatic rings. The molecule has 0 aliphatic carbocycles. The van der Waals surface area contributed by atoms with Crippen molar-refractivity contribution in [1.29, 1.82) is 0 Å². The number of benzene rings is 2. The number of rotatable bonds is 2. The van der Waals surface area contributed by atoms with E-state index in [2.05, 4.69) is 4.99 Å². The molecule has 3 rings (SSSR count). The molecule has 0 fully saturated rings. The minimum Gasteiger partial charge on any atom is -0.365 e. The molecule has 1 atom stereocenters.